The lowest BCUT2D eigenvalue weighted by Crippen LogP contribution is -2.46. The van der Waals surface area contributed by atoms with E-state index in [1.807, 2.05) is 49.4 Å². The molecule has 0 aliphatic carbocycles. The van der Waals surface area contributed by atoms with Crippen molar-refractivity contribution in [3.8, 4) is 17.2 Å². The van der Waals surface area contributed by atoms with Crippen LogP contribution in [0.3, 0.4) is 0 Å². The van der Waals surface area contributed by atoms with Crippen LogP contribution < -0.4 is 20.5 Å². The van der Waals surface area contributed by atoms with E-state index in [9.17, 15) is 9.18 Å². The van der Waals surface area contributed by atoms with Gasteiger partial charge in [0.1, 0.15) is 23.4 Å². The summed E-state index contributed by atoms with van der Waals surface area (Å²) in [5.41, 5.74) is 8.20. The van der Waals surface area contributed by atoms with Crippen molar-refractivity contribution in [3.05, 3.63) is 84.3 Å². The number of fused-ring (bicyclic) bond motifs is 1. The number of amides is 1. The SMILES string of the molecule is COc1cccc([C@H](Oc2ccc3c(cnn3-c3ccc(F)cc3)c2)[C@H](C)NC(=O)[C@@H](C)N)c1. The van der Waals surface area contributed by atoms with Crippen LogP contribution in [0.15, 0.2) is 72.9 Å². The molecule has 0 fully saturated rings. The maximum absolute atomic E-state index is 13.3. The van der Waals surface area contributed by atoms with Crippen LogP contribution in [-0.4, -0.2) is 34.9 Å². The molecule has 1 heterocycles. The molecule has 0 aliphatic rings. The van der Waals surface area contributed by atoms with Gasteiger partial charge in [0.05, 0.1) is 36.6 Å². The highest BCUT2D eigenvalue weighted by Crippen LogP contribution is 2.30. The molecule has 0 radical (unpaired) electrons. The number of ether oxygens (including phenoxy) is 2. The van der Waals surface area contributed by atoms with Gasteiger partial charge in [0.2, 0.25) is 5.91 Å². The van der Waals surface area contributed by atoms with E-state index in [0.717, 1.165) is 22.2 Å². The van der Waals surface area contributed by atoms with Crippen LogP contribution in [-0.2, 0) is 4.79 Å². The summed E-state index contributed by atoms with van der Waals surface area (Å²) in [5, 5.41) is 8.23. The fourth-order valence-corrected chi connectivity index (χ4v) is 3.73. The van der Waals surface area contributed by atoms with E-state index in [2.05, 4.69) is 10.4 Å². The number of nitrogens with one attached hydrogen (secondary N) is 1. The van der Waals surface area contributed by atoms with E-state index in [1.165, 1.54) is 12.1 Å². The van der Waals surface area contributed by atoms with Gasteiger partial charge < -0.3 is 20.5 Å². The Morgan fingerprint density at radius 3 is 2.53 bits per heavy atom. The molecule has 8 heteroatoms. The quantitative estimate of drug-likeness (QED) is 0.411. The van der Waals surface area contributed by atoms with Crippen molar-refractivity contribution >= 4 is 16.8 Å². The number of benzene rings is 3. The number of nitrogens with zero attached hydrogens (tertiary/aromatic N) is 2. The van der Waals surface area contributed by atoms with E-state index in [-0.39, 0.29) is 17.8 Å². The van der Waals surface area contributed by atoms with Gasteiger partial charge >= 0.3 is 0 Å². The molecule has 0 bridgehead atoms. The molecule has 4 aromatic rings. The zero-order valence-corrected chi connectivity index (χ0v) is 19.2. The highest BCUT2D eigenvalue weighted by atomic mass is 19.1. The van der Waals surface area contributed by atoms with Crippen molar-refractivity contribution in [1.82, 2.24) is 15.1 Å². The molecule has 3 atom stereocenters. The zero-order chi connectivity index (χ0) is 24.2. The third kappa shape index (κ3) is 5.02. The molecule has 0 spiro atoms. The predicted octanol–water partition coefficient (Wildman–Crippen LogP) is 4.15. The Bertz CT molecular complexity index is 1290. The number of rotatable bonds is 8. The van der Waals surface area contributed by atoms with Crippen LogP contribution >= 0.6 is 0 Å². The topological polar surface area (TPSA) is 91.4 Å². The van der Waals surface area contributed by atoms with Gasteiger partial charge in [0.25, 0.3) is 0 Å². The Hall–Kier alpha value is -3.91. The Kier molecular flexibility index (Phi) is 6.79. The van der Waals surface area contributed by atoms with Crippen molar-refractivity contribution < 1.29 is 18.7 Å². The van der Waals surface area contributed by atoms with Crippen LogP contribution in [0.1, 0.15) is 25.5 Å². The number of nitrogens with two attached hydrogens (primary N) is 1. The molecule has 0 unspecified atom stereocenters. The van der Waals surface area contributed by atoms with Crippen LogP contribution in [0.4, 0.5) is 4.39 Å². The third-order valence-electron chi connectivity index (χ3n) is 5.53. The molecule has 7 nitrogen and oxygen atoms in total. The molecule has 0 saturated carbocycles. The maximum atomic E-state index is 13.3. The minimum atomic E-state index is -0.637. The molecule has 0 aliphatic heterocycles. The van der Waals surface area contributed by atoms with Gasteiger partial charge in [-0.1, -0.05) is 12.1 Å². The molecule has 3 aromatic carbocycles. The summed E-state index contributed by atoms with van der Waals surface area (Å²) >= 11 is 0. The first-order valence-electron chi connectivity index (χ1n) is 11.0. The minimum absolute atomic E-state index is 0.264. The molecule has 1 aromatic heterocycles. The fraction of sp³-hybridized carbons (Fsp3) is 0.231. The number of aromatic nitrogens is 2. The Morgan fingerprint density at radius 1 is 1.06 bits per heavy atom. The van der Waals surface area contributed by atoms with Crippen molar-refractivity contribution in [2.24, 2.45) is 5.73 Å². The number of halogens is 1. The lowest BCUT2D eigenvalue weighted by molar-refractivity contribution is -0.123. The number of methoxy groups -OCH3 is 1. The summed E-state index contributed by atoms with van der Waals surface area (Å²) in [4.78, 5) is 12.2. The van der Waals surface area contributed by atoms with Gasteiger partial charge in [-0.25, -0.2) is 9.07 Å². The van der Waals surface area contributed by atoms with Crippen molar-refractivity contribution in [2.45, 2.75) is 32.0 Å². The molecular weight excluding hydrogens is 435 g/mol. The van der Waals surface area contributed by atoms with Crippen LogP contribution in [0.2, 0.25) is 0 Å². The van der Waals surface area contributed by atoms with Gasteiger partial charge in [0, 0.05) is 5.39 Å². The monoisotopic (exact) mass is 462 g/mol. The summed E-state index contributed by atoms with van der Waals surface area (Å²) in [6, 6.07) is 18.3. The summed E-state index contributed by atoms with van der Waals surface area (Å²) in [6.07, 6.45) is 1.23. The highest BCUT2D eigenvalue weighted by molar-refractivity contribution is 5.82. The fourth-order valence-electron chi connectivity index (χ4n) is 3.73. The standard InChI is InChI=1S/C26H27FN4O3/c1-16(28)26(32)30-17(2)25(18-5-4-6-22(13-18)33-3)34-23-11-12-24-19(14-23)15-29-31(24)21-9-7-20(27)8-10-21/h4-17,25H,28H2,1-3H3,(H,30,32)/t16-,17+,25-/m1/s1. The van der Waals surface area contributed by atoms with Crippen LogP contribution in [0, 0.1) is 5.82 Å². The van der Waals surface area contributed by atoms with Gasteiger partial charge in [0.15, 0.2) is 0 Å². The van der Waals surface area contributed by atoms with Gasteiger partial charge in [-0.05, 0) is 74.0 Å². The normalized spacial score (nSPS) is 13.8. The smallest absolute Gasteiger partial charge is 0.236 e. The third-order valence-corrected chi connectivity index (χ3v) is 5.53. The van der Waals surface area contributed by atoms with E-state index in [1.54, 1.807) is 37.0 Å². The zero-order valence-electron chi connectivity index (χ0n) is 19.2. The Labute approximate surface area is 197 Å². The summed E-state index contributed by atoms with van der Waals surface area (Å²) < 4.78 is 26.8. The van der Waals surface area contributed by atoms with Gasteiger partial charge in [-0.15, -0.1) is 0 Å². The first kappa shape index (κ1) is 23.3. The van der Waals surface area contributed by atoms with Crippen molar-refractivity contribution in [1.29, 1.82) is 0 Å². The minimum Gasteiger partial charge on any atom is -0.497 e. The maximum Gasteiger partial charge on any atom is 0.236 e. The molecule has 4 rings (SSSR count). The summed E-state index contributed by atoms with van der Waals surface area (Å²) in [7, 11) is 1.60. The number of carbonyl (C=O) groups is 1. The van der Waals surface area contributed by atoms with Crippen LogP contribution in [0.25, 0.3) is 16.6 Å². The summed E-state index contributed by atoms with van der Waals surface area (Å²) in [5.74, 6) is 0.735. The first-order valence-corrected chi connectivity index (χ1v) is 11.0. The molecule has 176 valence electrons. The Balaban J connectivity index is 1.65. The molecule has 3 N–H and O–H groups in total. The molecular formula is C26H27FN4O3. The Morgan fingerprint density at radius 2 is 1.82 bits per heavy atom. The van der Waals surface area contributed by atoms with E-state index in [0.29, 0.717) is 11.5 Å². The second-order valence-electron chi connectivity index (χ2n) is 8.15. The average molecular weight is 463 g/mol. The molecule has 1 amide bonds. The highest BCUT2D eigenvalue weighted by Gasteiger charge is 2.25. The lowest BCUT2D eigenvalue weighted by Gasteiger charge is -2.27. The van der Waals surface area contributed by atoms with Crippen molar-refractivity contribution in [2.75, 3.05) is 7.11 Å². The number of hydrogen-bond donors (Lipinski definition) is 2. The number of hydrogen-bond acceptors (Lipinski definition) is 5. The largest absolute Gasteiger partial charge is 0.497 e. The number of carbonyl (C=O) groups excluding carboxylic acids is 1. The van der Waals surface area contributed by atoms with E-state index < -0.39 is 12.1 Å². The van der Waals surface area contributed by atoms with E-state index in [4.69, 9.17) is 15.2 Å². The average Bonchev–Trinajstić information content (AvgIpc) is 3.26. The predicted molar refractivity (Wildman–Crippen MR) is 129 cm³/mol. The second-order valence-corrected chi connectivity index (χ2v) is 8.15. The van der Waals surface area contributed by atoms with Crippen molar-refractivity contribution in [3.63, 3.8) is 0 Å². The van der Waals surface area contributed by atoms with Gasteiger partial charge in [-0.3, -0.25) is 4.79 Å². The molecule has 0 saturated heterocycles. The summed E-state index contributed by atoms with van der Waals surface area (Å²) in [6.45, 7) is 3.51. The first-order chi connectivity index (χ1) is 16.4. The molecule has 34 heavy (non-hydrogen) atoms. The van der Waals surface area contributed by atoms with E-state index >= 15 is 0 Å². The lowest BCUT2D eigenvalue weighted by atomic mass is 10.0. The second kappa shape index (κ2) is 9.93. The van der Waals surface area contributed by atoms with Crippen LogP contribution in [0.5, 0.6) is 11.5 Å². The van der Waals surface area contributed by atoms with Gasteiger partial charge in [-0.2, -0.15) is 5.10 Å².